The van der Waals surface area contributed by atoms with Crippen molar-refractivity contribution >= 4 is 0 Å². The third-order valence-corrected chi connectivity index (χ3v) is 3.35. The van der Waals surface area contributed by atoms with Gasteiger partial charge in [-0.25, -0.2) is 13.2 Å². The molecule has 0 aliphatic rings. The molecule has 2 aromatic rings. The molecule has 0 heterocycles. The summed E-state index contributed by atoms with van der Waals surface area (Å²) >= 11 is 0. The van der Waals surface area contributed by atoms with Crippen molar-refractivity contribution in [2.45, 2.75) is 26.3 Å². The van der Waals surface area contributed by atoms with E-state index in [0.717, 1.165) is 12.0 Å². The zero-order valence-electron chi connectivity index (χ0n) is 12.1. The molecule has 1 atom stereocenters. The Morgan fingerprint density at radius 3 is 2.24 bits per heavy atom. The number of benzene rings is 2. The molecule has 0 aromatic heterocycles. The monoisotopic (exact) mass is 293 g/mol. The van der Waals surface area contributed by atoms with E-state index in [4.69, 9.17) is 0 Å². The first kappa shape index (κ1) is 15.6. The summed E-state index contributed by atoms with van der Waals surface area (Å²) in [5.74, 6) is -1.82. The van der Waals surface area contributed by atoms with E-state index in [0.29, 0.717) is 6.54 Å². The van der Waals surface area contributed by atoms with Crippen molar-refractivity contribution in [3.63, 3.8) is 0 Å². The first-order valence-electron chi connectivity index (χ1n) is 6.98. The van der Waals surface area contributed by atoms with E-state index in [-0.39, 0.29) is 11.1 Å². The average Bonchev–Trinajstić information content (AvgIpc) is 2.43. The Balaban J connectivity index is 2.52. The lowest BCUT2D eigenvalue weighted by molar-refractivity contribution is 0.488. The lowest BCUT2D eigenvalue weighted by Gasteiger charge is -2.21. The van der Waals surface area contributed by atoms with E-state index < -0.39 is 23.5 Å². The molecule has 1 N–H and O–H groups in total. The van der Waals surface area contributed by atoms with E-state index >= 15 is 0 Å². The smallest absolute Gasteiger partial charge is 0.131 e. The number of nitrogens with one attached hydrogen (secondary N) is 1. The molecule has 1 nitrogen and oxygen atoms in total. The van der Waals surface area contributed by atoms with Gasteiger partial charge in [0.05, 0.1) is 6.04 Å². The van der Waals surface area contributed by atoms with Gasteiger partial charge in [0, 0.05) is 11.1 Å². The molecule has 0 saturated carbocycles. The van der Waals surface area contributed by atoms with Crippen LogP contribution in [0.5, 0.6) is 0 Å². The van der Waals surface area contributed by atoms with Crippen LogP contribution in [0.15, 0.2) is 36.4 Å². The molecular formula is C17H18F3N. The van der Waals surface area contributed by atoms with E-state index in [2.05, 4.69) is 5.32 Å². The minimum atomic E-state index is -0.841. The fourth-order valence-electron chi connectivity index (χ4n) is 2.31. The zero-order valence-corrected chi connectivity index (χ0v) is 12.1. The van der Waals surface area contributed by atoms with Gasteiger partial charge in [0.15, 0.2) is 0 Å². The Bertz CT molecular complexity index is 605. The molecule has 21 heavy (non-hydrogen) atoms. The van der Waals surface area contributed by atoms with Gasteiger partial charge in [0.2, 0.25) is 0 Å². The number of halogens is 3. The standard InChI is InChI=1S/C17H18F3N/c1-3-9-21-17(12-8-7-11(2)10-15(12)20)16-13(18)5-4-6-14(16)19/h4-8,10,17,21H,3,9H2,1-2H3. The summed E-state index contributed by atoms with van der Waals surface area (Å²) < 4.78 is 42.2. The number of rotatable bonds is 5. The summed E-state index contributed by atoms with van der Waals surface area (Å²) in [4.78, 5) is 0. The van der Waals surface area contributed by atoms with Crippen LogP contribution in [0.4, 0.5) is 13.2 Å². The third-order valence-electron chi connectivity index (χ3n) is 3.35. The average molecular weight is 293 g/mol. The van der Waals surface area contributed by atoms with Gasteiger partial charge >= 0.3 is 0 Å². The second-order valence-electron chi connectivity index (χ2n) is 5.05. The third kappa shape index (κ3) is 3.45. The molecule has 0 radical (unpaired) electrons. The summed E-state index contributed by atoms with van der Waals surface area (Å²) in [7, 11) is 0. The molecule has 0 aliphatic heterocycles. The van der Waals surface area contributed by atoms with Crippen LogP contribution in [-0.2, 0) is 0 Å². The highest BCUT2D eigenvalue weighted by atomic mass is 19.1. The topological polar surface area (TPSA) is 12.0 Å². The lowest BCUT2D eigenvalue weighted by atomic mass is 9.96. The Kier molecular flexibility index (Phi) is 5.02. The molecule has 0 saturated heterocycles. The predicted molar refractivity (Wildman–Crippen MR) is 77.6 cm³/mol. The van der Waals surface area contributed by atoms with Gasteiger partial charge in [-0.3, -0.25) is 0 Å². The van der Waals surface area contributed by atoms with Gasteiger partial charge in [0.1, 0.15) is 17.5 Å². The van der Waals surface area contributed by atoms with E-state index in [1.54, 1.807) is 19.1 Å². The van der Waals surface area contributed by atoms with Gasteiger partial charge in [0.25, 0.3) is 0 Å². The van der Waals surface area contributed by atoms with Crippen molar-refractivity contribution in [1.82, 2.24) is 5.32 Å². The number of hydrogen-bond acceptors (Lipinski definition) is 1. The number of hydrogen-bond donors (Lipinski definition) is 1. The van der Waals surface area contributed by atoms with Crippen LogP contribution >= 0.6 is 0 Å². The Hall–Kier alpha value is -1.81. The maximum atomic E-state index is 14.2. The maximum absolute atomic E-state index is 14.2. The van der Waals surface area contributed by atoms with Crippen LogP contribution in [-0.4, -0.2) is 6.54 Å². The van der Waals surface area contributed by atoms with E-state index in [9.17, 15) is 13.2 Å². The van der Waals surface area contributed by atoms with Crippen LogP contribution < -0.4 is 5.32 Å². The van der Waals surface area contributed by atoms with E-state index in [1.165, 1.54) is 24.3 Å². The van der Waals surface area contributed by atoms with E-state index in [1.807, 2.05) is 6.92 Å². The Morgan fingerprint density at radius 2 is 1.67 bits per heavy atom. The summed E-state index contributed by atoms with van der Waals surface area (Å²) in [5, 5.41) is 3.02. The zero-order chi connectivity index (χ0) is 15.4. The highest BCUT2D eigenvalue weighted by Gasteiger charge is 2.23. The van der Waals surface area contributed by atoms with Crippen molar-refractivity contribution < 1.29 is 13.2 Å². The van der Waals surface area contributed by atoms with Crippen molar-refractivity contribution in [2.24, 2.45) is 0 Å². The minimum absolute atomic E-state index is 0.145. The number of aryl methyl sites for hydroxylation is 1. The first-order valence-corrected chi connectivity index (χ1v) is 6.98. The molecule has 1 unspecified atom stereocenters. The van der Waals surface area contributed by atoms with Crippen LogP contribution in [0.2, 0.25) is 0 Å². The summed E-state index contributed by atoms with van der Waals surface area (Å²) in [6.07, 6.45) is 0.778. The van der Waals surface area contributed by atoms with Crippen LogP contribution in [0.1, 0.15) is 36.1 Å². The van der Waals surface area contributed by atoms with Crippen molar-refractivity contribution in [3.8, 4) is 0 Å². The fourth-order valence-corrected chi connectivity index (χ4v) is 2.31. The summed E-state index contributed by atoms with van der Waals surface area (Å²) in [5.41, 5.74) is 0.867. The van der Waals surface area contributed by atoms with Gasteiger partial charge in [-0.15, -0.1) is 0 Å². The second kappa shape index (κ2) is 6.76. The normalized spacial score (nSPS) is 12.4. The quantitative estimate of drug-likeness (QED) is 0.855. The summed E-state index contributed by atoms with van der Waals surface area (Å²) in [6.45, 7) is 4.24. The molecule has 4 heteroatoms. The molecule has 0 aliphatic carbocycles. The lowest BCUT2D eigenvalue weighted by Crippen LogP contribution is -2.26. The van der Waals surface area contributed by atoms with Gasteiger partial charge < -0.3 is 5.32 Å². The molecule has 0 bridgehead atoms. The van der Waals surface area contributed by atoms with Gasteiger partial charge in [-0.2, -0.15) is 0 Å². The fraction of sp³-hybridized carbons (Fsp3) is 0.294. The van der Waals surface area contributed by atoms with Crippen molar-refractivity contribution in [1.29, 1.82) is 0 Å². The second-order valence-corrected chi connectivity index (χ2v) is 5.05. The largest absolute Gasteiger partial charge is 0.306 e. The highest BCUT2D eigenvalue weighted by Crippen LogP contribution is 2.29. The Morgan fingerprint density at radius 1 is 1.00 bits per heavy atom. The SMILES string of the molecule is CCCNC(c1ccc(C)cc1F)c1c(F)cccc1F. The molecular weight excluding hydrogens is 275 g/mol. The molecule has 0 spiro atoms. The molecule has 0 amide bonds. The highest BCUT2D eigenvalue weighted by molar-refractivity contribution is 5.36. The first-order chi connectivity index (χ1) is 10.0. The molecule has 112 valence electrons. The van der Waals surface area contributed by atoms with Crippen molar-refractivity contribution in [2.75, 3.05) is 6.54 Å². The molecule has 0 fully saturated rings. The molecule has 2 rings (SSSR count). The van der Waals surface area contributed by atoms with Crippen molar-refractivity contribution in [3.05, 3.63) is 70.5 Å². The maximum Gasteiger partial charge on any atom is 0.131 e. The Labute approximate surface area is 122 Å². The van der Waals surface area contributed by atoms with Gasteiger partial charge in [-0.1, -0.05) is 25.1 Å². The minimum Gasteiger partial charge on any atom is -0.306 e. The molecule has 2 aromatic carbocycles. The van der Waals surface area contributed by atoms with Crippen LogP contribution in [0.25, 0.3) is 0 Å². The van der Waals surface area contributed by atoms with Crippen LogP contribution in [0, 0.1) is 24.4 Å². The summed E-state index contributed by atoms with van der Waals surface area (Å²) in [6, 6.07) is 7.51. The predicted octanol–water partition coefficient (Wildman–Crippen LogP) is 4.50. The van der Waals surface area contributed by atoms with Crippen LogP contribution in [0.3, 0.4) is 0 Å². The van der Waals surface area contributed by atoms with Gasteiger partial charge in [-0.05, 0) is 43.7 Å².